The smallest absolute Gasteiger partial charge is 0.451 e. The number of nitrogens with zero attached hydrogens (tertiary/aromatic N) is 3. The molecule has 13 heteroatoms. The Morgan fingerprint density at radius 2 is 2.10 bits per heavy atom. The number of phenols is 1. The number of rotatable bonds is 8. The van der Waals surface area contributed by atoms with E-state index < -0.39 is 31.3 Å². The number of aliphatic hydroxyl groups is 2. The van der Waals surface area contributed by atoms with E-state index in [2.05, 4.69) is 15.4 Å². The van der Waals surface area contributed by atoms with E-state index in [1.54, 1.807) is 0 Å². The van der Waals surface area contributed by atoms with Crippen LogP contribution < -0.4 is 10.5 Å². The van der Waals surface area contributed by atoms with Crippen molar-refractivity contribution >= 4 is 13.0 Å². The number of hydrogen-bond donors (Lipinski definition) is 7. The summed E-state index contributed by atoms with van der Waals surface area (Å²) in [6.45, 7) is 0.454. The lowest BCUT2D eigenvalue weighted by molar-refractivity contribution is -0.141. The number of carbonyl (C=O) groups is 1. The fourth-order valence-electron chi connectivity index (χ4n) is 3.03. The monoisotopic (exact) mass is 407 g/mol. The second-order valence-electron chi connectivity index (χ2n) is 6.73. The van der Waals surface area contributed by atoms with Crippen LogP contribution in [0.15, 0.2) is 18.3 Å². The molecule has 1 amide bonds. The molecule has 1 aromatic heterocycles. The molecule has 1 saturated heterocycles. The maximum absolute atomic E-state index is 12.3. The molecule has 0 aliphatic carbocycles. The molecule has 1 unspecified atom stereocenters. The SMILES string of the molecule is NC(C(=O)N1CC(Oc2ccc(CCB(O)O)c(O)c2C(O)O)C1)c1cn[nH]n1. The summed E-state index contributed by atoms with van der Waals surface area (Å²) in [5.41, 5.74) is 6.26. The maximum Gasteiger partial charge on any atom is 0.451 e. The Kier molecular flexibility index (Phi) is 6.34. The molecule has 2 aromatic rings. The molecular formula is C16H22BN5O7. The number of aromatic nitrogens is 3. The zero-order valence-electron chi connectivity index (χ0n) is 15.3. The van der Waals surface area contributed by atoms with E-state index in [-0.39, 0.29) is 43.1 Å². The van der Waals surface area contributed by atoms with Gasteiger partial charge in [-0.3, -0.25) is 4.79 Å². The van der Waals surface area contributed by atoms with Crippen molar-refractivity contribution in [2.45, 2.75) is 31.2 Å². The van der Waals surface area contributed by atoms with Crippen molar-refractivity contribution in [2.75, 3.05) is 13.1 Å². The first kappa shape index (κ1) is 21.0. The molecule has 29 heavy (non-hydrogen) atoms. The number of H-pyrrole nitrogens is 1. The van der Waals surface area contributed by atoms with Gasteiger partial charge in [-0.25, -0.2) is 0 Å². The molecule has 1 fully saturated rings. The Bertz CT molecular complexity index is 842. The minimum atomic E-state index is -2.00. The molecule has 0 radical (unpaired) electrons. The first-order valence-corrected chi connectivity index (χ1v) is 8.91. The van der Waals surface area contributed by atoms with Crippen LogP contribution in [0.5, 0.6) is 11.5 Å². The average Bonchev–Trinajstić information content (AvgIpc) is 3.16. The molecule has 8 N–H and O–H groups in total. The van der Waals surface area contributed by atoms with Crippen molar-refractivity contribution in [3.63, 3.8) is 0 Å². The van der Waals surface area contributed by atoms with Gasteiger partial charge in [-0.15, -0.1) is 0 Å². The molecular weight excluding hydrogens is 385 g/mol. The number of phenolic OH excluding ortho intramolecular Hbond substituents is 1. The summed E-state index contributed by atoms with van der Waals surface area (Å²) in [6.07, 6.45) is -0.964. The predicted molar refractivity (Wildman–Crippen MR) is 98.3 cm³/mol. The van der Waals surface area contributed by atoms with Crippen molar-refractivity contribution in [1.82, 2.24) is 20.3 Å². The van der Waals surface area contributed by atoms with Crippen LogP contribution in [0.4, 0.5) is 0 Å². The minimum Gasteiger partial charge on any atom is -0.507 e. The van der Waals surface area contributed by atoms with Gasteiger partial charge in [0, 0.05) is 0 Å². The first-order valence-electron chi connectivity index (χ1n) is 8.91. The molecule has 0 saturated carbocycles. The largest absolute Gasteiger partial charge is 0.507 e. The Morgan fingerprint density at radius 1 is 1.38 bits per heavy atom. The molecule has 156 valence electrons. The van der Waals surface area contributed by atoms with Crippen LogP contribution in [0.1, 0.15) is 29.2 Å². The second-order valence-corrected chi connectivity index (χ2v) is 6.73. The quantitative estimate of drug-likeness (QED) is 0.186. The molecule has 0 spiro atoms. The number of nitrogens with two attached hydrogens (primary N) is 1. The first-order chi connectivity index (χ1) is 13.8. The Labute approximate surface area is 165 Å². The molecule has 3 rings (SSSR count). The second kappa shape index (κ2) is 8.76. The van der Waals surface area contributed by atoms with Gasteiger partial charge >= 0.3 is 7.12 Å². The average molecular weight is 407 g/mol. The third-order valence-electron chi connectivity index (χ3n) is 4.66. The fraction of sp³-hybridized carbons (Fsp3) is 0.438. The standard InChI is InChI=1S/C16H22BN5O7/c18-13(10-5-19-21-20-10)15(24)22-6-9(7-22)29-11-2-1-8(3-4-17(27)28)14(23)12(11)16(25)26/h1-2,5,9,13,16,23,25-28H,3-4,6-7,18H2,(H,19,20,21). The summed E-state index contributed by atoms with van der Waals surface area (Å²) in [6, 6.07) is 2.01. The van der Waals surface area contributed by atoms with E-state index in [4.69, 9.17) is 20.5 Å². The zero-order chi connectivity index (χ0) is 21.1. The number of aryl methyl sites for hydroxylation is 1. The molecule has 0 bridgehead atoms. The Morgan fingerprint density at radius 3 is 2.69 bits per heavy atom. The maximum atomic E-state index is 12.3. The minimum absolute atomic E-state index is 0.0276. The van der Waals surface area contributed by atoms with Crippen LogP contribution in [-0.2, 0) is 11.2 Å². The van der Waals surface area contributed by atoms with Gasteiger partial charge in [0.05, 0.1) is 24.8 Å². The molecule has 1 aliphatic rings. The van der Waals surface area contributed by atoms with Crippen molar-refractivity contribution in [1.29, 1.82) is 0 Å². The van der Waals surface area contributed by atoms with Crippen molar-refractivity contribution in [3.05, 3.63) is 35.2 Å². The summed E-state index contributed by atoms with van der Waals surface area (Å²) in [7, 11) is -1.55. The molecule has 1 atom stereocenters. The summed E-state index contributed by atoms with van der Waals surface area (Å²) in [5.74, 6) is -0.677. The summed E-state index contributed by atoms with van der Waals surface area (Å²) in [4.78, 5) is 13.8. The third kappa shape index (κ3) is 4.66. The molecule has 2 heterocycles. The number of aliphatic hydroxyl groups excluding tert-OH is 1. The molecule has 1 aliphatic heterocycles. The number of benzene rings is 1. The van der Waals surface area contributed by atoms with Gasteiger partial charge in [-0.05, 0) is 24.4 Å². The summed E-state index contributed by atoms with van der Waals surface area (Å²) in [5, 5.41) is 57.3. The number of carbonyl (C=O) groups excluding carboxylic acids is 1. The number of nitrogens with one attached hydrogen (secondary N) is 1. The van der Waals surface area contributed by atoms with Crippen LogP contribution in [-0.4, -0.2) is 77.9 Å². The fourth-order valence-corrected chi connectivity index (χ4v) is 3.03. The number of likely N-dealkylation sites (tertiary alicyclic amines) is 1. The highest BCUT2D eigenvalue weighted by molar-refractivity contribution is 6.41. The Hall–Kier alpha value is -2.71. The highest BCUT2D eigenvalue weighted by atomic mass is 16.5. The van der Waals surface area contributed by atoms with Gasteiger partial charge in [0.15, 0.2) is 6.29 Å². The summed E-state index contributed by atoms with van der Waals surface area (Å²) >= 11 is 0. The van der Waals surface area contributed by atoms with Gasteiger partial charge in [0.1, 0.15) is 29.3 Å². The van der Waals surface area contributed by atoms with Gasteiger partial charge in [-0.2, -0.15) is 15.4 Å². The number of aromatic hydroxyl groups is 1. The van der Waals surface area contributed by atoms with Crippen molar-refractivity contribution in [2.24, 2.45) is 5.73 Å². The van der Waals surface area contributed by atoms with E-state index in [0.717, 1.165) is 0 Å². The van der Waals surface area contributed by atoms with Crippen molar-refractivity contribution in [3.8, 4) is 11.5 Å². The lowest BCUT2D eigenvalue weighted by Gasteiger charge is -2.40. The van der Waals surface area contributed by atoms with E-state index in [1.165, 1.54) is 23.2 Å². The van der Waals surface area contributed by atoms with E-state index >= 15 is 0 Å². The van der Waals surface area contributed by atoms with E-state index in [9.17, 15) is 20.1 Å². The van der Waals surface area contributed by atoms with Gasteiger partial charge in [-0.1, -0.05) is 6.07 Å². The van der Waals surface area contributed by atoms with Crippen LogP contribution in [0, 0.1) is 0 Å². The summed E-state index contributed by atoms with van der Waals surface area (Å²) < 4.78 is 5.71. The van der Waals surface area contributed by atoms with E-state index in [0.29, 0.717) is 11.3 Å². The molecule has 1 aromatic carbocycles. The third-order valence-corrected chi connectivity index (χ3v) is 4.66. The van der Waals surface area contributed by atoms with Crippen LogP contribution in [0.2, 0.25) is 6.32 Å². The lowest BCUT2D eigenvalue weighted by Crippen LogP contribution is -2.58. The van der Waals surface area contributed by atoms with Gasteiger partial charge in [0.25, 0.3) is 0 Å². The topological polar surface area (TPSA) is 198 Å². The lowest BCUT2D eigenvalue weighted by atomic mass is 9.82. The van der Waals surface area contributed by atoms with Gasteiger partial charge in [0.2, 0.25) is 5.91 Å². The van der Waals surface area contributed by atoms with Crippen LogP contribution >= 0.6 is 0 Å². The number of ether oxygens (including phenoxy) is 1. The normalized spacial score (nSPS) is 15.3. The highest BCUT2D eigenvalue weighted by Gasteiger charge is 2.36. The number of hydrogen-bond acceptors (Lipinski definition) is 10. The number of aromatic amines is 1. The van der Waals surface area contributed by atoms with Crippen molar-refractivity contribution < 1.29 is 34.9 Å². The zero-order valence-corrected chi connectivity index (χ0v) is 15.3. The molecule has 12 nitrogen and oxygen atoms in total. The van der Waals surface area contributed by atoms with E-state index in [1.807, 2.05) is 0 Å². The number of amides is 1. The predicted octanol–water partition coefficient (Wildman–Crippen LogP) is -2.20. The highest BCUT2D eigenvalue weighted by Crippen LogP contribution is 2.37. The van der Waals surface area contributed by atoms with Crippen LogP contribution in [0.25, 0.3) is 0 Å². The van der Waals surface area contributed by atoms with Crippen LogP contribution in [0.3, 0.4) is 0 Å². The van der Waals surface area contributed by atoms with Gasteiger partial charge < -0.3 is 40.7 Å². The Balaban J connectivity index is 1.64.